The van der Waals surface area contributed by atoms with Crippen molar-refractivity contribution in [1.82, 2.24) is 0 Å². The van der Waals surface area contributed by atoms with Crippen molar-refractivity contribution >= 4 is 17.2 Å². The number of rotatable bonds is 3. The molecule has 2 rings (SSSR count). The van der Waals surface area contributed by atoms with Crippen molar-refractivity contribution < 1.29 is 14.6 Å². The Morgan fingerprint density at radius 2 is 2.35 bits per heavy atom. The largest absolute Gasteiger partial charge is 0.461 e. The normalized spacial score (nSPS) is 17.8. The van der Waals surface area contributed by atoms with Crippen LogP contribution in [-0.2, 0) is 4.79 Å². The molecular formula is C12H14N2O3. The molecule has 1 amide bonds. The number of primary amides is 1. The number of carbonyl (C=O) groups is 1. The molecule has 17 heavy (non-hydrogen) atoms. The van der Waals surface area contributed by atoms with Crippen LogP contribution < -0.4 is 15.8 Å². The van der Waals surface area contributed by atoms with E-state index in [2.05, 4.69) is 5.32 Å². The summed E-state index contributed by atoms with van der Waals surface area (Å²) in [6.45, 7) is 0. The monoisotopic (exact) mass is 234 g/mol. The summed E-state index contributed by atoms with van der Waals surface area (Å²) in [4.78, 5) is 11.0. The minimum atomic E-state index is -1.04. The molecule has 1 heterocycles. The molecule has 0 aromatic heterocycles. The van der Waals surface area contributed by atoms with E-state index in [1.165, 1.54) is 6.08 Å². The van der Waals surface area contributed by atoms with Gasteiger partial charge in [-0.1, -0.05) is 0 Å². The van der Waals surface area contributed by atoms with Crippen molar-refractivity contribution in [1.29, 1.82) is 0 Å². The number of nitrogens with two attached hydrogens (primary N) is 1. The molecule has 0 spiro atoms. The third-order valence-electron chi connectivity index (χ3n) is 2.57. The lowest BCUT2D eigenvalue weighted by atomic mass is 9.98. The number of anilines is 1. The van der Waals surface area contributed by atoms with Crippen LogP contribution in [0.5, 0.6) is 5.75 Å². The maximum Gasteiger partial charge on any atom is 0.221 e. The number of nitrogens with one attached hydrogen (secondary N) is 1. The van der Waals surface area contributed by atoms with Crippen LogP contribution in [-0.4, -0.2) is 24.4 Å². The summed E-state index contributed by atoms with van der Waals surface area (Å²) in [7, 11) is 1.79. The number of amides is 1. The molecule has 1 aliphatic heterocycles. The highest BCUT2D eigenvalue weighted by Crippen LogP contribution is 2.35. The first-order valence-corrected chi connectivity index (χ1v) is 5.26. The van der Waals surface area contributed by atoms with E-state index in [0.717, 1.165) is 11.3 Å². The van der Waals surface area contributed by atoms with E-state index in [4.69, 9.17) is 10.5 Å². The molecular weight excluding hydrogens is 220 g/mol. The number of hydrogen-bond donors (Lipinski definition) is 3. The maximum absolute atomic E-state index is 11.0. The van der Waals surface area contributed by atoms with Crippen LogP contribution in [0.4, 0.5) is 5.69 Å². The third kappa shape index (κ3) is 2.39. The molecule has 0 saturated carbocycles. The predicted molar refractivity (Wildman–Crippen MR) is 64.4 cm³/mol. The van der Waals surface area contributed by atoms with E-state index in [0.29, 0.717) is 11.3 Å². The van der Waals surface area contributed by atoms with Gasteiger partial charge in [0, 0.05) is 24.4 Å². The SMILES string of the molecule is CNc1ccc2c(c1)OC(O)C=C2CC(N)=O. The molecule has 90 valence electrons. The minimum absolute atomic E-state index is 0.0896. The smallest absolute Gasteiger partial charge is 0.221 e. The quantitative estimate of drug-likeness (QED) is 0.718. The molecule has 1 aromatic carbocycles. The number of aliphatic hydroxyl groups excluding tert-OH is 1. The second kappa shape index (κ2) is 4.47. The van der Waals surface area contributed by atoms with Crippen molar-refractivity contribution in [3.05, 3.63) is 29.8 Å². The minimum Gasteiger partial charge on any atom is -0.461 e. The molecule has 0 bridgehead atoms. The van der Waals surface area contributed by atoms with Gasteiger partial charge in [0.1, 0.15) is 5.75 Å². The van der Waals surface area contributed by atoms with Crippen molar-refractivity contribution in [2.24, 2.45) is 5.73 Å². The van der Waals surface area contributed by atoms with Crippen LogP contribution in [0.15, 0.2) is 24.3 Å². The van der Waals surface area contributed by atoms with Crippen LogP contribution in [0.3, 0.4) is 0 Å². The second-order valence-electron chi connectivity index (χ2n) is 3.80. The Morgan fingerprint density at radius 3 is 3.00 bits per heavy atom. The van der Waals surface area contributed by atoms with Gasteiger partial charge in [0.15, 0.2) is 0 Å². The summed E-state index contributed by atoms with van der Waals surface area (Å²) >= 11 is 0. The average molecular weight is 234 g/mol. The van der Waals surface area contributed by atoms with Gasteiger partial charge in [-0.15, -0.1) is 0 Å². The molecule has 0 aliphatic carbocycles. The van der Waals surface area contributed by atoms with E-state index in [1.807, 2.05) is 12.1 Å². The standard InChI is InChI=1S/C12H14N2O3/c1-14-8-2-3-9-7(4-11(13)15)5-12(16)17-10(9)6-8/h2-3,5-6,12,14,16H,4H2,1H3,(H2,13,15). The Bertz CT molecular complexity index is 483. The van der Waals surface area contributed by atoms with E-state index in [9.17, 15) is 9.90 Å². The Hall–Kier alpha value is -2.01. The first-order valence-electron chi connectivity index (χ1n) is 5.26. The molecule has 5 nitrogen and oxygen atoms in total. The van der Waals surface area contributed by atoms with Gasteiger partial charge in [-0.3, -0.25) is 4.79 Å². The zero-order chi connectivity index (χ0) is 12.4. The first-order chi connectivity index (χ1) is 8.10. The van der Waals surface area contributed by atoms with Gasteiger partial charge >= 0.3 is 0 Å². The average Bonchev–Trinajstić information content (AvgIpc) is 2.27. The van der Waals surface area contributed by atoms with Gasteiger partial charge in [-0.2, -0.15) is 0 Å². The summed E-state index contributed by atoms with van der Waals surface area (Å²) in [5.41, 5.74) is 7.51. The van der Waals surface area contributed by atoms with E-state index in [1.54, 1.807) is 13.1 Å². The van der Waals surface area contributed by atoms with E-state index >= 15 is 0 Å². The number of aliphatic hydroxyl groups is 1. The van der Waals surface area contributed by atoms with Gasteiger partial charge < -0.3 is 20.9 Å². The summed E-state index contributed by atoms with van der Waals surface area (Å²) in [5.74, 6) is 0.108. The molecule has 4 N–H and O–H groups in total. The zero-order valence-corrected chi connectivity index (χ0v) is 9.43. The number of ether oxygens (including phenoxy) is 1. The van der Waals surface area contributed by atoms with Crippen molar-refractivity contribution in [3.63, 3.8) is 0 Å². The number of fused-ring (bicyclic) bond motifs is 1. The Kier molecular flexibility index (Phi) is 3.01. The second-order valence-corrected chi connectivity index (χ2v) is 3.80. The van der Waals surface area contributed by atoms with Crippen molar-refractivity contribution in [3.8, 4) is 5.75 Å². The Balaban J connectivity index is 2.40. The predicted octanol–water partition coefficient (Wildman–Crippen LogP) is 0.698. The molecule has 0 radical (unpaired) electrons. The van der Waals surface area contributed by atoms with Gasteiger partial charge in [-0.25, -0.2) is 0 Å². The third-order valence-corrected chi connectivity index (χ3v) is 2.57. The van der Waals surface area contributed by atoms with E-state index < -0.39 is 12.2 Å². The molecule has 1 unspecified atom stereocenters. The van der Waals surface area contributed by atoms with Crippen LogP contribution >= 0.6 is 0 Å². The lowest BCUT2D eigenvalue weighted by molar-refractivity contribution is -0.117. The highest BCUT2D eigenvalue weighted by molar-refractivity contribution is 5.89. The van der Waals surface area contributed by atoms with Crippen LogP contribution in [0.25, 0.3) is 5.57 Å². The molecule has 0 saturated heterocycles. The Labute approximate surface area is 98.9 Å². The van der Waals surface area contributed by atoms with Gasteiger partial charge in [0.25, 0.3) is 0 Å². The molecule has 1 aliphatic rings. The van der Waals surface area contributed by atoms with Crippen LogP contribution in [0.1, 0.15) is 12.0 Å². The highest BCUT2D eigenvalue weighted by Gasteiger charge is 2.20. The summed E-state index contributed by atoms with van der Waals surface area (Å²) in [6, 6.07) is 5.48. The number of benzene rings is 1. The fraction of sp³-hybridized carbons (Fsp3) is 0.250. The summed E-state index contributed by atoms with van der Waals surface area (Å²) in [6.07, 6.45) is 0.544. The first kappa shape index (κ1) is 11.5. The zero-order valence-electron chi connectivity index (χ0n) is 9.43. The fourth-order valence-corrected chi connectivity index (χ4v) is 1.81. The summed E-state index contributed by atoms with van der Waals surface area (Å²) in [5, 5.41) is 12.5. The summed E-state index contributed by atoms with van der Waals surface area (Å²) < 4.78 is 5.27. The van der Waals surface area contributed by atoms with Gasteiger partial charge in [0.2, 0.25) is 12.2 Å². The van der Waals surface area contributed by atoms with Crippen LogP contribution in [0.2, 0.25) is 0 Å². The van der Waals surface area contributed by atoms with Crippen LogP contribution in [0, 0.1) is 0 Å². The lowest BCUT2D eigenvalue weighted by Gasteiger charge is -2.22. The number of carbonyl (C=O) groups excluding carboxylic acids is 1. The van der Waals surface area contributed by atoms with Gasteiger partial charge in [-0.05, 0) is 23.8 Å². The maximum atomic E-state index is 11.0. The molecule has 0 fully saturated rings. The molecule has 1 aromatic rings. The topological polar surface area (TPSA) is 84.6 Å². The number of hydrogen-bond acceptors (Lipinski definition) is 4. The highest BCUT2D eigenvalue weighted by atomic mass is 16.6. The fourth-order valence-electron chi connectivity index (χ4n) is 1.81. The lowest BCUT2D eigenvalue weighted by Crippen LogP contribution is -2.20. The molecule has 1 atom stereocenters. The van der Waals surface area contributed by atoms with Gasteiger partial charge in [0.05, 0.1) is 6.42 Å². The molecule has 5 heteroatoms. The van der Waals surface area contributed by atoms with Crippen molar-refractivity contribution in [2.45, 2.75) is 12.7 Å². The Morgan fingerprint density at radius 1 is 1.59 bits per heavy atom. The van der Waals surface area contributed by atoms with Crippen molar-refractivity contribution in [2.75, 3.05) is 12.4 Å². The van der Waals surface area contributed by atoms with E-state index in [-0.39, 0.29) is 6.42 Å².